The molecule has 0 radical (unpaired) electrons. The molecule has 1 atom stereocenters. The molecule has 0 aliphatic carbocycles. The number of rotatable bonds is 12. The lowest BCUT2D eigenvalue weighted by Gasteiger charge is -2.20. The normalized spacial score (nSPS) is 13.6. The Hall–Kier alpha value is -1.80. The van der Waals surface area contributed by atoms with Gasteiger partial charge in [0.25, 0.3) is 0 Å². The lowest BCUT2D eigenvalue weighted by Crippen LogP contribution is -2.40. The number of halogens is 3. The van der Waals surface area contributed by atoms with Gasteiger partial charge in [-0.05, 0) is 42.7 Å². The Labute approximate surface area is 171 Å². The van der Waals surface area contributed by atoms with Crippen LogP contribution in [0.2, 0.25) is 0 Å². The molecule has 0 heterocycles. The highest BCUT2D eigenvalue weighted by atomic mass is 19.4. The van der Waals surface area contributed by atoms with E-state index in [1.165, 1.54) is 0 Å². The zero-order chi connectivity index (χ0) is 21.7. The number of nitrogens with one attached hydrogen (secondary N) is 2. The van der Waals surface area contributed by atoms with E-state index >= 15 is 0 Å². The minimum atomic E-state index is -4.32. The summed E-state index contributed by atoms with van der Waals surface area (Å²) in [5, 5.41) is 15.8. The summed E-state index contributed by atoms with van der Waals surface area (Å²) in [6.45, 7) is 6.96. The van der Waals surface area contributed by atoms with Crippen molar-refractivity contribution in [3.8, 4) is 0 Å². The zero-order valence-corrected chi connectivity index (χ0v) is 17.6. The van der Waals surface area contributed by atoms with Gasteiger partial charge in [-0.2, -0.15) is 13.2 Å². The monoisotopic (exact) mass is 417 g/mol. The number of ether oxygens (including phenoxy) is 1. The van der Waals surface area contributed by atoms with Crippen LogP contribution >= 0.6 is 0 Å². The highest BCUT2D eigenvalue weighted by Crippen LogP contribution is 2.16. The third-order valence-corrected chi connectivity index (χ3v) is 4.19. The topological polar surface area (TPSA) is 65.9 Å². The number of aliphatic imine (C=N–C) groups is 1. The number of nitrogens with zero attached hydrogens (tertiary/aromatic N) is 1. The number of guanidine groups is 1. The van der Waals surface area contributed by atoms with Crippen LogP contribution in [0.15, 0.2) is 29.3 Å². The molecule has 1 unspecified atom stereocenters. The lowest BCUT2D eigenvalue weighted by atomic mass is 9.94. The molecular weight excluding hydrogens is 383 g/mol. The Morgan fingerprint density at radius 3 is 2.55 bits per heavy atom. The molecule has 3 N–H and O–H groups in total. The number of alkyl halides is 3. The van der Waals surface area contributed by atoms with Crippen molar-refractivity contribution < 1.29 is 23.0 Å². The molecule has 29 heavy (non-hydrogen) atoms. The van der Waals surface area contributed by atoms with Crippen molar-refractivity contribution in [3.05, 3.63) is 35.4 Å². The number of aliphatic hydroxyl groups excluding tert-OH is 1. The molecule has 0 fully saturated rings. The largest absolute Gasteiger partial charge is 0.411 e. The van der Waals surface area contributed by atoms with E-state index in [-0.39, 0.29) is 13.2 Å². The van der Waals surface area contributed by atoms with Gasteiger partial charge in [-0.15, -0.1) is 0 Å². The molecule has 0 spiro atoms. The van der Waals surface area contributed by atoms with Gasteiger partial charge >= 0.3 is 6.18 Å². The van der Waals surface area contributed by atoms with Crippen LogP contribution in [-0.2, 0) is 17.9 Å². The molecule has 1 rings (SSSR count). The average molecular weight is 418 g/mol. The van der Waals surface area contributed by atoms with Crippen molar-refractivity contribution in [3.63, 3.8) is 0 Å². The number of hydrogen-bond donors (Lipinski definition) is 3. The van der Waals surface area contributed by atoms with Gasteiger partial charge in [0.2, 0.25) is 0 Å². The van der Waals surface area contributed by atoms with Crippen molar-refractivity contribution in [1.29, 1.82) is 0 Å². The molecule has 0 aliphatic heterocycles. The quantitative estimate of drug-likeness (QED) is 0.357. The van der Waals surface area contributed by atoms with Crippen LogP contribution < -0.4 is 10.6 Å². The van der Waals surface area contributed by atoms with E-state index in [1.807, 2.05) is 13.0 Å². The Morgan fingerprint density at radius 2 is 1.93 bits per heavy atom. The summed E-state index contributed by atoms with van der Waals surface area (Å²) in [4.78, 5) is 4.57. The van der Waals surface area contributed by atoms with Crippen LogP contribution in [0.1, 0.15) is 44.7 Å². The average Bonchev–Trinajstić information content (AvgIpc) is 2.63. The highest BCUT2D eigenvalue weighted by molar-refractivity contribution is 5.79. The molecule has 0 amide bonds. The maximum atomic E-state index is 12.2. The van der Waals surface area contributed by atoms with Crippen molar-refractivity contribution in [2.24, 2.45) is 16.8 Å². The molecule has 0 aromatic heterocycles. The van der Waals surface area contributed by atoms with Crippen molar-refractivity contribution in [2.75, 3.05) is 26.3 Å². The first-order chi connectivity index (χ1) is 13.7. The second-order valence-electron chi connectivity index (χ2n) is 7.51. The van der Waals surface area contributed by atoms with E-state index in [2.05, 4.69) is 29.5 Å². The fraction of sp³-hybridized carbons (Fsp3) is 0.667. The first kappa shape index (κ1) is 25.2. The second-order valence-corrected chi connectivity index (χ2v) is 7.51. The smallest absolute Gasteiger partial charge is 0.396 e. The number of benzene rings is 1. The van der Waals surface area contributed by atoms with Gasteiger partial charge in [-0.3, -0.25) is 0 Å². The maximum absolute atomic E-state index is 12.2. The molecule has 8 heteroatoms. The van der Waals surface area contributed by atoms with E-state index in [4.69, 9.17) is 4.74 Å². The number of hydrogen-bond acceptors (Lipinski definition) is 3. The Bertz CT molecular complexity index is 607. The highest BCUT2D eigenvalue weighted by Gasteiger charge is 2.27. The summed E-state index contributed by atoms with van der Waals surface area (Å²) < 4.78 is 41.3. The zero-order valence-electron chi connectivity index (χ0n) is 17.6. The van der Waals surface area contributed by atoms with Crippen molar-refractivity contribution >= 4 is 5.96 Å². The fourth-order valence-corrected chi connectivity index (χ4v) is 3.01. The van der Waals surface area contributed by atoms with Crippen LogP contribution in [0, 0.1) is 11.8 Å². The predicted molar refractivity (Wildman–Crippen MR) is 110 cm³/mol. The van der Waals surface area contributed by atoms with Gasteiger partial charge in [0.1, 0.15) is 6.61 Å². The minimum Gasteiger partial charge on any atom is -0.396 e. The van der Waals surface area contributed by atoms with Gasteiger partial charge in [0.05, 0.1) is 13.2 Å². The van der Waals surface area contributed by atoms with Gasteiger partial charge in [-0.25, -0.2) is 4.99 Å². The molecule has 166 valence electrons. The standard InChI is InChI=1S/C21H34F3N3O2/c1-4-25-20(27-13-18(8-9-28)10-16(2)3)26-12-17-6-5-7-19(11-17)14-29-15-21(22,23)24/h5-7,11,16,18,28H,4,8-10,12-15H2,1-3H3,(H2,25,26,27). The molecule has 0 aliphatic rings. The molecule has 5 nitrogen and oxygen atoms in total. The first-order valence-corrected chi connectivity index (χ1v) is 10.1. The van der Waals surface area contributed by atoms with Crippen LogP contribution in [-0.4, -0.2) is 43.5 Å². The van der Waals surface area contributed by atoms with E-state index in [0.717, 1.165) is 24.9 Å². The minimum absolute atomic E-state index is 0.0899. The summed E-state index contributed by atoms with van der Waals surface area (Å²) in [6, 6.07) is 7.21. The van der Waals surface area contributed by atoms with E-state index in [0.29, 0.717) is 36.4 Å². The SMILES string of the molecule is CCNC(=NCc1cccc(COCC(F)(F)F)c1)NCC(CCO)CC(C)C. The summed E-state index contributed by atoms with van der Waals surface area (Å²) in [5.41, 5.74) is 1.57. The predicted octanol–water partition coefficient (Wildman–Crippen LogP) is 3.87. The van der Waals surface area contributed by atoms with Gasteiger partial charge in [-0.1, -0.05) is 38.1 Å². The van der Waals surface area contributed by atoms with Gasteiger partial charge < -0.3 is 20.5 Å². The summed E-state index contributed by atoms with van der Waals surface area (Å²) in [7, 11) is 0. The third kappa shape index (κ3) is 12.4. The van der Waals surface area contributed by atoms with Crippen LogP contribution in [0.4, 0.5) is 13.2 Å². The molecule has 1 aromatic carbocycles. The second kappa shape index (κ2) is 13.4. The fourth-order valence-electron chi connectivity index (χ4n) is 3.01. The summed E-state index contributed by atoms with van der Waals surface area (Å²) in [6.07, 6.45) is -2.56. The molecule has 1 aromatic rings. The van der Waals surface area contributed by atoms with Crippen LogP contribution in [0.3, 0.4) is 0 Å². The molecule has 0 saturated carbocycles. The summed E-state index contributed by atoms with van der Waals surface area (Å²) >= 11 is 0. The van der Waals surface area contributed by atoms with E-state index in [9.17, 15) is 18.3 Å². The van der Waals surface area contributed by atoms with Crippen molar-refractivity contribution in [2.45, 2.75) is 52.9 Å². The van der Waals surface area contributed by atoms with E-state index < -0.39 is 12.8 Å². The first-order valence-electron chi connectivity index (χ1n) is 10.1. The Morgan fingerprint density at radius 1 is 1.21 bits per heavy atom. The lowest BCUT2D eigenvalue weighted by molar-refractivity contribution is -0.176. The van der Waals surface area contributed by atoms with Gasteiger partial charge in [0.15, 0.2) is 5.96 Å². The molecule has 0 bridgehead atoms. The summed E-state index contributed by atoms with van der Waals surface area (Å²) in [5.74, 6) is 1.59. The maximum Gasteiger partial charge on any atom is 0.411 e. The Balaban J connectivity index is 2.64. The number of aliphatic hydroxyl groups is 1. The Kier molecular flexibility index (Phi) is 11.7. The van der Waals surface area contributed by atoms with Crippen molar-refractivity contribution in [1.82, 2.24) is 10.6 Å². The third-order valence-electron chi connectivity index (χ3n) is 4.19. The van der Waals surface area contributed by atoms with Gasteiger partial charge in [0, 0.05) is 19.7 Å². The van der Waals surface area contributed by atoms with Crippen LogP contribution in [0.25, 0.3) is 0 Å². The molecule has 0 saturated heterocycles. The van der Waals surface area contributed by atoms with Crippen LogP contribution in [0.5, 0.6) is 0 Å². The molecular formula is C21H34F3N3O2. The van der Waals surface area contributed by atoms with E-state index in [1.54, 1.807) is 18.2 Å².